The minimum atomic E-state index is -5.70. The third-order valence-corrected chi connectivity index (χ3v) is 19.4. The molecule has 25 heteroatoms. The molecule has 2 aliphatic heterocycles. The number of aliphatic hydroxyl groups excluding tert-OH is 10. The van der Waals surface area contributed by atoms with Crippen molar-refractivity contribution in [3.63, 3.8) is 0 Å². The zero-order valence-electron chi connectivity index (χ0n) is 59.1. The number of hydrogen-bond acceptors (Lipinski definition) is 23. The fourth-order valence-electron chi connectivity index (χ4n) is 12.3. The smallest absolute Gasteiger partial charge is 0.463 e. The van der Waals surface area contributed by atoms with Gasteiger partial charge in [-0.25, -0.2) is 4.57 Å². The van der Waals surface area contributed by atoms with Crippen molar-refractivity contribution in [2.45, 2.75) is 388 Å². The Morgan fingerprint density at radius 1 is 0.392 bits per heavy atom. The van der Waals surface area contributed by atoms with Crippen molar-refractivity contribution in [1.29, 1.82) is 0 Å². The highest BCUT2D eigenvalue weighted by atomic mass is 31.2. The molecule has 97 heavy (non-hydrogen) atoms. The van der Waals surface area contributed by atoms with Crippen molar-refractivity contribution in [2.75, 3.05) is 26.4 Å². The fraction of sp³-hybridized carbons (Fsp3) is 0.903. The Bertz CT molecular complexity index is 2110. The van der Waals surface area contributed by atoms with E-state index < -0.39 is 156 Å². The molecule has 3 rings (SSSR count). The second-order valence-electron chi connectivity index (χ2n) is 27.0. The molecule has 568 valence electrons. The largest absolute Gasteiger partial charge is 0.472 e. The summed E-state index contributed by atoms with van der Waals surface area (Å²) in [6.45, 7) is 3.41. The molecule has 18 unspecified atom stereocenters. The molecule has 1 saturated carbocycles. The van der Waals surface area contributed by atoms with Gasteiger partial charge < -0.3 is 89.1 Å². The first kappa shape index (κ1) is 88.7. The summed E-state index contributed by atoms with van der Waals surface area (Å²) < 4.78 is 65.0. The summed E-state index contributed by atoms with van der Waals surface area (Å²) in [6, 6.07) is 0. The lowest BCUT2D eigenvalue weighted by Gasteiger charge is -2.49. The van der Waals surface area contributed by atoms with Crippen molar-refractivity contribution in [3.8, 4) is 0 Å². The van der Waals surface area contributed by atoms with Gasteiger partial charge in [-0.1, -0.05) is 218 Å². The van der Waals surface area contributed by atoms with E-state index in [4.69, 9.17) is 42.2 Å². The Morgan fingerprint density at radius 2 is 0.722 bits per heavy atom. The number of carbonyl (C=O) groups excluding carboxylic acids is 3. The van der Waals surface area contributed by atoms with Crippen molar-refractivity contribution in [3.05, 3.63) is 24.3 Å². The molecule has 11 N–H and O–H groups in total. The van der Waals surface area contributed by atoms with Crippen molar-refractivity contribution >= 4 is 25.7 Å². The number of allylic oxidation sites excluding steroid dienone is 4. The van der Waals surface area contributed by atoms with Crippen LogP contribution in [0, 0.1) is 0 Å². The number of ether oxygens (including phenoxy) is 7. The van der Waals surface area contributed by atoms with Crippen LogP contribution in [0.25, 0.3) is 0 Å². The van der Waals surface area contributed by atoms with E-state index >= 15 is 0 Å². The highest BCUT2D eigenvalue weighted by Crippen LogP contribution is 2.49. The Hall–Kier alpha value is -2.56. The third-order valence-electron chi connectivity index (χ3n) is 18.5. The zero-order valence-corrected chi connectivity index (χ0v) is 60.0. The standard InChI is InChI=1S/C72H131O24P/c1-4-7-10-13-16-19-22-25-27-30-33-36-39-42-45-48-58(76)91-53(50-88-56(74)46-43-40-37-34-31-28-24-21-18-15-12-9-6-3)51-90-97(86,87)96-70-68(94-71-66(84)61(79)59(77)54(49-73)92-71)64(82)63(81)65(83)69(70)95-72-67(85)62(80)60(78)55(93-72)52-89-57(75)47-44-41-38-35-32-29-26-23-20-17-14-11-8-5-2/h28-29,31-32,53-55,59-73,77-85H,4-27,30,33-52H2,1-3H3,(H,86,87)/b31-28-,32-29-. The Labute approximate surface area is 579 Å². The summed E-state index contributed by atoms with van der Waals surface area (Å²) in [7, 11) is -5.70. The maximum absolute atomic E-state index is 14.3. The molecule has 1 aliphatic carbocycles. The Balaban J connectivity index is 1.74. The second-order valence-corrected chi connectivity index (χ2v) is 28.4. The van der Waals surface area contributed by atoms with E-state index in [0.29, 0.717) is 19.3 Å². The molecule has 0 bridgehead atoms. The lowest BCUT2D eigenvalue weighted by molar-refractivity contribution is -0.360. The molecule has 0 aromatic heterocycles. The van der Waals surface area contributed by atoms with Gasteiger partial charge in [0.2, 0.25) is 0 Å². The van der Waals surface area contributed by atoms with E-state index in [1.807, 2.05) is 0 Å². The Kier molecular flexibility index (Phi) is 49.5. The first-order chi connectivity index (χ1) is 46.8. The molecule has 24 nitrogen and oxygen atoms in total. The summed E-state index contributed by atoms with van der Waals surface area (Å²) >= 11 is 0. The molecule has 0 amide bonds. The number of phosphoric ester groups is 1. The van der Waals surface area contributed by atoms with Gasteiger partial charge in [0.1, 0.15) is 98.7 Å². The average molecular weight is 1410 g/mol. The molecule has 0 aromatic carbocycles. The van der Waals surface area contributed by atoms with Crippen LogP contribution in [0.3, 0.4) is 0 Å². The van der Waals surface area contributed by atoms with Gasteiger partial charge in [-0.15, -0.1) is 0 Å². The fourth-order valence-corrected chi connectivity index (χ4v) is 13.2. The first-order valence-electron chi connectivity index (χ1n) is 37.6. The first-order valence-corrected chi connectivity index (χ1v) is 39.1. The van der Waals surface area contributed by atoms with Crippen molar-refractivity contribution < 1.29 is 117 Å². The van der Waals surface area contributed by atoms with Crippen LogP contribution < -0.4 is 0 Å². The predicted octanol–water partition coefficient (Wildman–Crippen LogP) is 10.1. The van der Waals surface area contributed by atoms with Gasteiger partial charge in [0.05, 0.1) is 13.2 Å². The highest BCUT2D eigenvalue weighted by molar-refractivity contribution is 7.47. The van der Waals surface area contributed by atoms with Crippen LogP contribution in [0.15, 0.2) is 24.3 Å². The zero-order chi connectivity index (χ0) is 71.1. The van der Waals surface area contributed by atoms with Gasteiger partial charge in [-0.05, 0) is 70.6 Å². The molecule has 3 aliphatic rings. The number of phosphoric acid groups is 1. The summed E-state index contributed by atoms with van der Waals surface area (Å²) in [6.07, 6.45) is 13.9. The lowest BCUT2D eigenvalue weighted by Crippen LogP contribution is -2.69. The number of carbonyl (C=O) groups is 3. The average Bonchev–Trinajstić information content (AvgIpc) is 0.763. The van der Waals surface area contributed by atoms with E-state index in [2.05, 4.69) is 45.1 Å². The van der Waals surface area contributed by atoms with Gasteiger partial charge in [0.25, 0.3) is 0 Å². The van der Waals surface area contributed by atoms with Gasteiger partial charge in [-0.2, -0.15) is 0 Å². The molecule has 0 spiro atoms. The monoisotopic (exact) mass is 1410 g/mol. The minimum absolute atomic E-state index is 0.00797. The van der Waals surface area contributed by atoms with E-state index in [-0.39, 0.29) is 19.3 Å². The van der Waals surface area contributed by atoms with E-state index in [9.17, 15) is 74.9 Å². The second kappa shape index (κ2) is 54.1. The maximum Gasteiger partial charge on any atom is 0.472 e. The predicted molar refractivity (Wildman–Crippen MR) is 365 cm³/mol. The quantitative estimate of drug-likeness (QED) is 0.00886. The molecule has 0 radical (unpaired) electrons. The summed E-state index contributed by atoms with van der Waals surface area (Å²) in [5.41, 5.74) is 0. The maximum atomic E-state index is 14.3. The molecule has 2 heterocycles. The molecule has 3 fully saturated rings. The SMILES string of the molecule is CCCCCCCC/C=C\CCCCCC(=O)OCC(COP(=O)(O)OC1C(OC2OC(CO)C(O)C(O)C2O)C(O)C(O)C(O)C1OC1OC(COC(=O)CCCCC/C=C\CCCCCCCCC)C(O)C(O)C1O)OC(=O)CCCCCCCCCCCCCCCCC. The minimum Gasteiger partial charge on any atom is -0.463 e. The van der Waals surface area contributed by atoms with Gasteiger partial charge in [0.15, 0.2) is 18.7 Å². The van der Waals surface area contributed by atoms with Crippen LogP contribution >= 0.6 is 7.82 Å². The van der Waals surface area contributed by atoms with Gasteiger partial charge in [0, 0.05) is 19.3 Å². The van der Waals surface area contributed by atoms with Crippen LogP contribution in [0.2, 0.25) is 0 Å². The third kappa shape index (κ3) is 37.4. The molecule has 18 atom stereocenters. The number of hydrogen-bond donors (Lipinski definition) is 11. The molecule has 2 saturated heterocycles. The topological polar surface area (TPSA) is 374 Å². The molecular weight excluding hydrogens is 1280 g/mol. The van der Waals surface area contributed by atoms with E-state index in [1.54, 1.807) is 0 Å². The molecular formula is C72H131O24P. The van der Waals surface area contributed by atoms with Gasteiger partial charge >= 0.3 is 25.7 Å². The van der Waals surface area contributed by atoms with Gasteiger partial charge in [-0.3, -0.25) is 23.4 Å². The van der Waals surface area contributed by atoms with Crippen LogP contribution in [0.5, 0.6) is 0 Å². The van der Waals surface area contributed by atoms with Crippen molar-refractivity contribution in [1.82, 2.24) is 0 Å². The van der Waals surface area contributed by atoms with Crippen LogP contribution in [0.4, 0.5) is 0 Å². The summed E-state index contributed by atoms with van der Waals surface area (Å²) in [4.78, 5) is 50.9. The van der Waals surface area contributed by atoms with E-state index in [1.165, 1.54) is 128 Å². The number of esters is 3. The van der Waals surface area contributed by atoms with Crippen molar-refractivity contribution in [2.24, 2.45) is 0 Å². The lowest BCUT2D eigenvalue weighted by atomic mass is 9.84. The summed E-state index contributed by atoms with van der Waals surface area (Å²) in [5, 5.41) is 110. The Morgan fingerprint density at radius 3 is 1.12 bits per heavy atom. The van der Waals surface area contributed by atoms with E-state index in [0.717, 1.165) is 96.3 Å². The summed E-state index contributed by atoms with van der Waals surface area (Å²) in [5.74, 6) is -2.02. The highest BCUT2D eigenvalue weighted by Gasteiger charge is 2.58. The number of rotatable bonds is 58. The van der Waals surface area contributed by atoms with Crippen LogP contribution in [-0.4, -0.2) is 204 Å². The number of unbranched alkanes of at least 4 members (excludes halogenated alkanes) is 33. The van der Waals surface area contributed by atoms with Crippen LogP contribution in [0.1, 0.15) is 284 Å². The van der Waals surface area contributed by atoms with Crippen LogP contribution in [-0.2, 0) is 61.2 Å². The number of aliphatic hydroxyl groups is 10. The normalized spacial score (nSPS) is 27.9. The molecule has 0 aromatic rings.